The van der Waals surface area contributed by atoms with Crippen LogP contribution in [0.25, 0.3) is 0 Å². The minimum absolute atomic E-state index is 0.822. The molecule has 0 atom stereocenters. The first-order valence-corrected chi connectivity index (χ1v) is 6.24. The molecule has 0 heterocycles. The molecule has 0 aliphatic rings. The number of carbonyl (C=O) groups excluding carboxylic acids is 1. The molecule has 2 aromatic carbocycles. The van der Waals surface area contributed by atoms with Crippen molar-refractivity contribution in [1.82, 2.24) is 0 Å². The van der Waals surface area contributed by atoms with Crippen LogP contribution in [0.5, 0.6) is 0 Å². The number of ketones is 1. The van der Waals surface area contributed by atoms with Crippen LogP contribution < -0.4 is 11.5 Å². The third kappa shape index (κ3) is 10.1. The molecule has 0 saturated heterocycles. The zero-order valence-corrected chi connectivity index (χ0v) is 12.1. The largest absolute Gasteiger partial charge is 0.459 e. The Labute approximate surface area is 133 Å². The van der Waals surface area contributed by atoms with Crippen LogP contribution >= 0.6 is 0 Å². The number of halogens is 6. The summed E-state index contributed by atoms with van der Waals surface area (Å²) in [5.74, 6) is -3.68. The molecule has 0 unspecified atom stereocenters. The second-order valence-corrected chi connectivity index (χ2v) is 4.15. The number of para-hydroxylation sites is 2. The maximum Gasteiger partial charge on any atom is 0.459 e. The van der Waals surface area contributed by atoms with Crippen molar-refractivity contribution in [2.24, 2.45) is 0 Å². The van der Waals surface area contributed by atoms with Crippen LogP contribution in [0.1, 0.15) is 0 Å². The maximum atomic E-state index is 10.9. The van der Waals surface area contributed by atoms with Crippen molar-refractivity contribution < 1.29 is 31.1 Å². The molecule has 0 fully saturated rings. The van der Waals surface area contributed by atoms with Gasteiger partial charge in [-0.3, -0.25) is 4.79 Å². The highest BCUT2D eigenvalue weighted by Crippen LogP contribution is 2.28. The highest BCUT2D eigenvalue weighted by Gasteiger charge is 2.55. The second-order valence-electron chi connectivity index (χ2n) is 4.15. The smallest absolute Gasteiger partial charge is 0.399 e. The number of alkyl halides is 6. The summed E-state index contributed by atoms with van der Waals surface area (Å²) in [5.41, 5.74) is 12.4. The van der Waals surface area contributed by atoms with E-state index in [0.29, 0.717) is 0 Å². The molecule has 132 valence electrons. The number of nitrogens with two attached hydrogens (primary N) is 2. The summed E-state index contributed by atoms with van der Waals surface area (Å²) in [4.78, 5) is 9.24. The van der Waals surface area contributed by atoms with Crippen molar-refractivity contribution in [3.05, 3.63) is 60.7 Å². The fraction of sp³-hybridized carbons (Fsp3) is 0.133. The van der Waals surface area contributed by atoms with Gasteiger partial charge >= 0.3 is 18.1 Å². The maximum absolute atomic E-state index is 10.9. The molecule has 0 aromatic heterocycles. The molecule has 3 nitrogen and oxygen atoms in total. The number of Topliss-reactive ketones (excluding diaryl/α,β-unsaturated/α-hetero) is 1. The highest BCUT2D eigenvalue weighted by molar-refractivity contribution is 5.89. The first kappa shape index (κ1) is 21.3. The molecule has 0 amide bonds. The predicted molar refractivity (Wildman–Crippen MR) is 78.8 cm³/mol. The van der Waals surface area contributed by atoms with Gasteiger partial charge in [-0.1, -0.05) is 36.4 Å². The van der Waals surface area contributed by atoms with Gasteiger partial charge in [0.2, 0.25) is 0 Å². The zero-order valence-electron chi connectivity index (χ0n) is 12.1. The normalized spacial score (nSPS) is 10.6. The molecule has 0 aliphatic heterocycles. The Morgan fingerprint density at radius 3 is 0.958 bits per heavy atom. The van der Waals surface area contributed by atoms with Crippen LogP contribution in [-0.4, -0.2) is 18.1 Å². The Morgan fingerprint density at radius 2 is 0.875 bits per heavy atom. The lowest BCUT2D eigenvalue weighted by Gasteiger charge is -2.06. The van der Waals surface area contributed by atoms with Gasteiger partial charge in [-0.2, -0.15) is 26.3 Å². The third-order valence-corrected chi connectivity index (χ3v) is 2.11. The van der Waals surface area contributed by atoms with Crippen molar-refractivity contribution in [1.29, 1.82) is 0 Å². The average molecular weight is 352 g/mol. The molecular weight excluding hydrogens is 338 g/mol. The van der Waals surface area contributed by atoms with Crippen molar-refractivity contribution >= 4 is 17.2 Å². The molecule has 24 heavy (non-hydrogen) atoms. The van der Waals surface area contributed by atoms with Gasteiger partial charge in [0.25, 0.3) is 0 Å². The molecule has 0 saturated carbocycles. The molecular formula is C15H14F6N2O. The molecule has 0 aliphatic carbocycles. The van der Waals surface area contributed by atoms with Crippen molar-refractivity contribution in [2.45, 2.75) is 12.4 Å². The molecule has 9 heteroatoms. The lowest BCUT2D eigenvalue weighted by molar-refractivity contribution is -0.217. The Morgan fingerprint density at radius 1 is 0.625 bits per heavy atom. The number of benzene rings is 2. The van der Waals surface area contributed by atoms with Crippen LogP contribution in [0.4, 0.5) is 37.7 Å². The Kier molecular flexibility index (Phi) is 8.37. The minimum Gasteiger partial charge on any atom is -0.399 e. The van der Waals surface area contributed by atoms with Crippen LogP contribution in [0.15, 0.2) is 60.7 Å². The van der Waals surface area contributed by atoms with Gasteiger partial charge in [0.1, 0.15) is 0 Å². The van der Waals surface area contributed by atoms with Crippen LogP contribution in [0.3, 0.4) is 0 Å². The predicted octanol–water partition coefficient (Wildman–Crippen LogP) is 4.22. The Balaban J connectivity index is 0.000000337. The van der Waals surface area contributed by atoms with E-state index in [-0.39, 0.29) is 0 Å². The summed E-state index contributed by atoms with van der Waals surface area (Å²) in [6.07, 6.45) is -11.6. The molecule has 0 radical (unpaired) electrons. The van der Waals surface area contributed by atoms with E-state index < -0.39 is 18.1 Å². The summed E-state index contributed by atoms with van der Waals surface area (Å²) in [6.45, 7) is 0. The van der Waals surface area contributed by atoms with Gasteiger partial charge in [-0.05, 0) is 24.3 Å². The summed E-state index contributed by atoms with van der Waals surface area (Å²) < 4.78 is 65.3. The number of hydrogen-bond donors (Lipinski definition) is 2. The van der Waals surface area contributed by atoms with Crippen molar-refractivity contribution in [3.63, 3.8) is 0 Å². The number of anilines is 2. The monoisotopic (exact) mass is 352 g/mol. The van der Waals surface area contributed by atoms with E-state index in [4.69, 9.17) is 11.5 Å². The second kappa shape index (κ2) is 9.43. The molecule has 0 bridgehead atoms. The highest BCUT2D eigenvalue weighted by atomic mass is 19.4. The minimum atomic E-state index is -5.82. The first-order chi connectivity index (χ1) is 10.9. The summed E-state index contributed by atoms with van der Waals surface area (Å²) in [7, 11) is 0. The van der Waals surface area contributed by atoms with Gasteiger partial charge in [-0.15, -0.1) is 0 Å². The number of nitrogen functional groups attached to an aromatic ring is 2. The molecule has 0 spiro atoms. The lowest BCUT2D eigenvalue weighted by atomic mass is 10.3. The van der Waals surface area contributed by atoms with E-state index >= 15 is 0 Å². The summed E-state index contributed by atoms with van der Waals surface area (Å²) >= 11 is 0. The number of carbonyl (C=O) groups is 1. The van der Waals surface area contributed by atoms with Crippen molar-refractivity contribution in [2.75, 3.05) is 11.5 Å². The van der Waals surface area contributed by atoms with Crippen LogP contribution in [0.2, 0.25) is 0 Å². The Bertz CT molecular complexity index is 543. The van der Waals surface area contributed by atoms with E-state index in [9.17, 15) is 31.1 Å². The molecule has 2 rings (SSSR count). The Hall–Kier alpha value is -2.71. The standard InChI is InChI=1S/2C6H7N.C3F6O/c2*7-6-4-2-1-3-5-6;4-2(5,6)1(10)3(7,8)9/h2*1-5H,7H2;. The van der Waals surface area contributed by atoms with Gasteiger partial charge in [0.15, 0.2) is 0 Å². The van der Waals surface area contributed by atoms with Crippen LogP contribution in [-0.2, 0) is 4.79 Å². The van der Waals surface area contributed by atoms with Crippen LogP contribution in [0, 0.1) is 0 Å². The fourth-order valence-electron chi connectivity index (χ4n) is 1.07. The van der Waals surface area contributed by atoms with E-state index in [1.165, 1.54) is 0 Å². The number of hydrogen-bond acceptors (Lipinski definition) is 3. The fourth-order valence-corrected chi connectivity index (χ4v) is 1.07. The van der Waals surface area contributed by atoms with Gasteiger partial charge < -0.3 is 11.5 Å². The third-order valence-electron chi connectivity index (χ3n) is 2.11. The van der Waals surface area contributed by atoms with E-state index in [0.717, 1.165) is 11.4 Å². The summed E-state index contributed by atoms with van der Waals surface area (Å²) in [6, 6.07) is 19.0. The van der Waals surface area contributed by atoms with Gasteiger partial charge in [0, 0.05) is 11.4 Å². The van der Waals surface area contributed by atoms with Gasteiger partial charge in [0.05, 0.1) is 0 Å². The van der Waals surface area contributed by atoms with E-state index in [1.54, 1.807) is 0 Å². The molecule has 2 aromatic rings. The van der Waals surface area contributed by atoms with E-state index in [1.807, 2.05) is 60.7 Å². The van der Waals surface area contributed by atoms with Gasteiger partial charge in [-0.25, -0.2) is 0 Å². The average Bonchev–Trinajstić information content (AvgIpc) is 2.47. The van der Waals surface area contributed by atoms with Crippen molar-refractivity contribution in [3.8, 4) is 0 Å². The SMILES string of the molecule is Nc1ccccc1.Nc1ccccc1.O=C(C(F)(F)F)C(F)(F)F. The topological polar surface area (TPSA) is 69.1 Å². The number of rotatable bonds is 0. The molecule has 4 N–H and O–H groups in total. The zero-order chi connectivity index (χ0) is 18.8. The first-order valence-electron chi connectivity index (χ1n) is 6.24. The van der Waals surface area contributed by atoms with E-state index in [2.05, 4.69) is 0 Å². The quantitative estimate of drug-likeness (QED) is 0.551. The summed E-state index contributed by atoms with van der Waals surface area (Å²) in [5, 5.41) is 0. The lowest BCUT2D eigenvalue weighted by Crippen LogP contribution is -2.36.